The number of nitrogens with one attached hydrogen (secondary N) is 1. The highest BCUT2D eigenvalue weighted by Gasteiger charge is 2.11. The molecule has 0 fully saturated rings. The number of aryl methyl sites for hydroxylation is 1. The zero-order valence-electron chi connectivity index (χ0n) is 9.58. The fraction of sp³-hybridized carbons (Fsp3) is 0.200. The summed E-state index contributed by atoms with van der Waals surface area (Å²) < 4.78 is 1.02. The summed E-state index contributed by atoms with van der Waals surface area (Å²) in [6.07, 6.45) is 2.78. The molecule has 0 radical (unpaired) electrons. The van der Waals surface area contributed by atoms with Gasteiger partial charge in [0.25, 0.3) is 0 Å². The first kappa shape index (κ1) is 11.8. The van der Waals surface area contributed by atoms with Crippen LogP contribution in [0.25, 0.3) is 11.2 Å². The van der Waals surface area contributed by atoms with Gasteiger partial charge in [0.2, 0.25) is 0 Å². The Kier molecular flexibility index (Phi) is 2.84. The van der Waals surface area contributed by atoms with Gasteiger partial charge in [0.1, 0.15) is 11.8 Å². The first-order chi connectivity index (χ1) is 8.57. The second-order valence-electron chi connectivity index (χ2n) is 3.53. The Hall–Kier alpha value is -2.64. The topological polar surface area (TPSA) is 105 Å². The van der Waals surface area contributed by atoms with Gasteiger partial charge in [-0.1, -0.05) is 6.08 Å². The van der Waals surface area contributed by atoms with Crippen LogP contribution in [0.5, 0.6) is 0 Å². The summed E-state index contributed by atoms with van der Waals surface area (Å²) in [4.78, 5) is 30.6. The highest BCUT2D eigenvalue weighted by molar-refractivity contribution is 5.83. The lowest BCUT2D eigenvalue weighted by molar-refractivity contribution is 0.824. The average molecular weight is 248 g/mol. The van der Waals surface area contributed by atoms with Crippen LogP contribution in [0.2, 0.25) is 0 Å². The van der Waals surface area contributed by atoms with Crippen molar-refractivity contribution in [2.45, 2.75) is 0 Å². The normalized spacial score (nSPS) is 10.5. The predicted molar refractivity (Wildman–Crippen MR) is 66.5 cm³/mol. The molecule has 2 aromatic heterocycles. The van der Waals surface area contributed by atoms with Crippen LogP contribution in [-0.4, -0.2) is 25.8 Å². The largest absolute Gasteiger partial charge is 0.803 e. The van der Waals surface area contributed by atoms with Gasteiger partial charge in [0.05, 0.1) is 0 Å². The van der Waals surface area contributed by atoms with Crippen molar-refractivity contribution in [1.29, 1.82) is 0 Å². The van der Waals surface area contributed by atoms with Crippen molar-refractivity contribution in [3.05, 3.63) is 44.9 Å². The molecule has 0 aliphatic carbocycles. The number of rotatable bonds is 3. The van der Waals surface area contributed by atoms with E-state index in [9.17, 15) is 14.8 Å². The van der Waals surface area contributed by atoms with Crippen molar-refractivity contribution >= 4 is 17.0 Å². The molecule has 0 amide bonds. The number of hydrogen-bond donors (Lipinski definition) is 1. The van der Waals surface area contributed by atoms with Crippen LogP contribution in [0.4, 0.5) is 5.82 Å². The van der Waals surface area contributed by atoms with Gasteiger partial charge in [-0.25, -0.2) is 9.97 Å². The van der Waals surface area contributed by atoms with E-state index in [2.05, 4.69) is 21.9 Å². The third-order valence-corrected chi connectivity index (χ3v) is 2.41. The SMILES string of the molecule is C=CCNc1ncnc2c1n([O-])c(=O)c(=O)n2C. The van der Waals surface area contributed by atoms with Gasteiger partial charge >= 0.3 is 11.1 Å². The maximum absolute atomic E-state index is 11.7. The minimum absolute atomic E-state index is 0.00306. The predicted octanol–water partition coefficient (Wildman–Crippen LogP) is -0.566. The van der Waals surface area contributed by atoms with Gasteiger partial charge in [-0.2, -0.15) is 0 Å². The smallest absolute Gasteiger partial charge is 0.317 e. The number of anilines is 1. The monoisotopic (exact) mass is 248 g/mol. The minimum Gasteiger partial charge on any atom is -0.803 e. The van der Waals surface area contributed by atoms with Crippen molar-refractivity contribution in [2.75, 3.05) is 11.9 Å². The number of aromatic nitrogens is 4. The molecule has 2 aromatic rings. The molecule has 0 unspecified atom stereocenters. The highest BCUT2D eigenvalue weighted by atomic mass is 16.5. The van der Waals surface area contributed by atoms with Crippen LogP contribution in [-0.2, 0) is 7.05 Å². The van der Waals surface area contributed by atoms with Gasteiger partial charge in [-0.05, 0) is 0 Å². The first-order valence-electron chi connectivity index (χ1n) is 5.07. The molecule has 0 saturated carbocycles. The van der Waals surface area contributed by atoms with E-state index in [-0.39, 0.29) is 21.7 Å². The van der Waals surface area contributed by atoms with Gasteiger partial charge < -0.3 is 15.3 Å². The first-order valence-corrected chi connectivity index (χ1v) is 5.07. The molecule has 2 heterocycles. The van der Waals surface area contributed by atoms with E-state index in [1.54, 1.807) is 6.08 Å². The zero-order valence-corrected chi connectivity index (χ0v) is 9.58. The molecule has 0 atom stereocenters. The van der Waals surface area contributed by atoms with Gasteiger partial charge in [-0.15, -0.1) is 6.58 Å². The van der Waals surface area contributed by atoms with Crippen molar-refractivity contribution in [2.24, 2.45) is 7.05 Å². The second-order valence-corrected chi connectivity index (χ2v) is 3.53. The van der Waals surface area contributed by atoms with Crippen LogP contribution in [0.3, 0.4) is 0 Å². The molecule has 8 nitrogen and oxygen atoms in total. The van der Waals surface area contributed by atoms with E-state index in [0.717, 1.165) is 4.57 Å². The molecule has 0 spiro atoms. The Morgan fingerprint density at radius 2 is 2.17 bits per heavy atom. The Labute approximate surface area is 101 Å². The third kappa shape index (κ3) is 1.63. The Balaban J connectivity index is 2.88. The summed E-state index contributed by atoms with van der Waals surface area (Å²) in [7, 11) is 1.37. The molecular weight excluding hydrogens is 238 g/mol. The minimum atomic E-state index is -1.17. The lowest BCUT2D eigenvalue weighted by atomic mass is 10.4. The number of fused-ring (bicyclic) bond motifs is 1. The van der Waals surface area contributed by atoms with Crippen molar-refractivity contribution in [1.82, 2.24) is 19.3 Å². The van der Waals surface area contributed by atoms with Gasteiger partial charge in [0.15, 0.2) is 11.5 Å². The molecule has 8 heteroatoms. The Bertz CT molecular complexity index is 731. The van der Waals surface area contributed by atoms with Gasteiger partial charge in [-0.3, -0.25) is 14.2 Å². The standard InChI is InChI=1S/C10H10N5O3/c1-3-4-11-7-6-8(13-5-12-7)14(2)9(16)10(17)15(6)18/h3,5H,1,4H2,2H3,(H,11,12,13)/q-1. The number of nitrogens with zero attached hydrogens (tertiary/aromatic N) is 4. The lowest BCUT2D eigenvalue weighted by Gasteiger charge is -2.16. The molecule has 94 valence electrons. The maximum atomic E-state index is 11.7. The van der Waals surface area contributed by atoms with E-state index in [4.69, 9.17) is 0 Å². The van der Waals surface area contributed by atoms with E-state index < -0.39 is 11.1 Å². The zero-order chi connectivity index (χ0) is 13.3. The fourth-order valence-corrected chi connectivity index (χ4v) is 1.53. The van der Waals surface area contributed by atoms with Gasteiger partial charge in [0, 0.05) is 13.6 Å². The van der Waals surface area contributed by atoms with Crippen molar-refractivity contribution in [3.63, 3.8) is 0 Å². The second kappa shape index (κ2) is 4.32. The summed E-state index contributed by atoms with van der Waals surface area (Å²) in [5, 5.41) is 14.5. The van der Waals surface area contributed by atoms with E-state index in [1.165, 1.54) is 13.4 Å². The molecule has 0 aliphatic heterocycles. The molecule has 1 N–H and O–H groups in total. The quantitative estimate of drug-likeness (QED) is 0.576. The summed E-state index contributed by atoms with van der Waals surface area (Å²) in [5.74, 6) is 0.183. The summed E-state index contributed by atoms with van der Waals surface area (Å²) in [5.41, 5.74) is -2.06. The summed E-state index contributed by atoms with van der Waals surface area (Å²) in [6, 6.07) is 0. The lowest BCUT2D eigenvalue weighted by Crippen LogP contribution is -2.39. The molecule has 18 heavy (non-hydrogen) atoms. The van der Waals surface area contributed by atoms with E-state index >= 15 is 0 Å². The molecule has 0 aromatic carbocycles. The van der Waals surface area contributed by atoms with E-state index in [1.807, 2.05) is 0 Å². The molecule has 0 aliphatic rings. The summed E-state index contributed by atoms with van der Waals surface area (Å²) in [6.45, 7) is 3.88. The highest BCUT2D eigenvalue weighted by Crippen LogP contribution is 2.14. The number of hydrogen-bond acceptors (Lipinski definition) is 6. The molecule has 0 saturated heterocycles. The van der Waals surface area contributed by atoms with Crippen molar-refractivity contribution in [3.8, 4) is 0 Å². The maximum Gasteiger partial charge on any atom is 0.317 e. The van der Waals surface area contributed by atoms with Crippen LogP contribution in [0, 0.1) is 5.21 Å². The van der Waals surface area contributed by atoms with Crippen LogP contribution in [0.1, 0.15) is 0 Å². The third-order valence-electron chi connectivity index (χ3n) is 2.41. The Morgan fingerprint density at radius 3 is 2.83 bits per heavy atom. The average Bonchev–Trinajstić information content (AvgIpc) is 2.40. The molecule has 0 bridgehead atoms. The van der Waals surface area contributed by atoms with Crippen LogP contribution in [0.15, 0.2) is 28.6 Å². The molecule has 2 rings (SSSR count). The van der Waals surface area contributed by atoms with Crippen LogP contribution >= 0.6 is 0 Å². The fourth-order valence-electron chi connectivity index (χ4n) is 1.53. The summed E-state index contributed by atoms with van der Waals surface area (Å²) >= 11 is 0. The molecular formula is C10H10N5O3-. The van der Waals surface area contributed by atoms with E-state index in [0.29, 0.717) is 6.54 Å². The van der Waals surface area contributed by atoms with Crippen LogP contribution < -0.4 is 16.4 Å². The van der Waals surface area contributed by atoms with Crippen molar-refractivity contribution < 1.29 is 0 Å². The Morgan fingerprint density at radius 1 is 1.44 bits per heavy atom.